The maximum Gasteiger partial charge on any atom is 0.119 e. The van der Waals surface area contributed by atoms with Gasteiger partial charge < -0.3 is 49.3 Å². The maximum absolute atomic E-state index is 9.46. The summed E-state index contributed by atoms with van der Waals surface area (Å²) >= 11 is 0. The van der Waals surface area contributed by atoms with Crippen molar-refractivity contribution in [1.29, 1.82) is 0 Å². The van der Waals surface area contributed by atoms with E-state index in [9.17, 15) is 20.4 Å². The largest absolute Gasteiger partial charge is 0.492 e. The fraction of sp³-hybridized carbons (Fsp3) is 0.421. The summed E-state index contributed by atoms with van der Waals surface area (Å²) in [6.45, 7) is 24.4. The lowest BCUT2D eigenvalue weighted by molar-refractivity contribution is 0.102. The summed E-state index contributed by atoms with van der Waals surface area (Å²) < 4.78 is 25.7. The van der Waals surface area contributed by atoms with Crippen molar-refractivity contribution in [3.05, 3.63) is 144 Å². The number of benzene rings is 4. The van der Waals surface area contributed by atoms with Crippen LogP contribution < -0.4 is 18.9 Å². The Balaban J connectivity index is 0.874. The fourth-order valence-electron chi connectivity index (χ4n) is 14.0. The summed E-state index contributed by atoms with van der Waals surface area (Å²) in [7, 11) is 0. The van der Waals surface area contributed by atoms with Crippen molar-refractivity contribution in [2.45, 2.75) is 0 Å². The molecule has 20 heteroatoms. The molecule has 0 radical (unpaired) electrons. The third-order valence-electron chi connectivity index (χ3n) is 19.6. The van der Waals surface area contributed by atoms with Crippen LogP contribution in [0.5, 0.6) is 23.0 Å². The first kappa shape index (κ1) is 66.8. The zero-order valence-corrected chi connectivity index (χ0v) is 55.4. The van der Waals surface area contributed by atoms with Crippen LogP contribution >= 0.6 is 0 Å². The van der Waals surface area contributed by atoms with E-state index in [2.05, 4.69) is 195 Å². The summed E-state index contributed by atoms with van der Waals surface area (Å²) in [5.41, 5.74) is 14.5. The molecule has 13 rings (SSSR count). The highest BCUT2D eigenvalue weighted by molar-refractivity contribution is 6.00. The second kappa shape index (κ2) is 33.0. The summed E-state index contributed by atoms with van der Waals surface area (Å²) in [6, 6.07) is 42.2. The highest BCUT2D eigenvalue weighted by Crippen LogP contribution is 2.40. The van der Waals surface area contributed by atoms with Crippen molar-refractivity contribution in [2.24, 2.45) is 0 Å². The lowest BCUT2D eigenvalue weighted by atomic mass is 10.0. The molecule has 0 spiro atoms. The molecular formula is C76H94N12O8. The van der Waals surface area contributed by atoms with Gasteiger partial charge in [-0.1, -0.05) is 48.5 Å². The van der Waals surface area contributed by atoms with E-state index in [1.165, 1.54) is 0 Å². The van der Waals surface area contributed by atoms with Crippen LogP contribution in [-0.2, 0) is 0 Å². The molecule has 4 aromatic carbocycles. The van der Waals surface area contributed by atoms with Crippen molar-refractivity contribution in [3.8, 4) is 67.5 Å². The molecule has 7 aromatic rings. The molecule has 0 saturated carbocycles. The number of rotatable bonds is 28. The van der Waals surface area contributed by atoms with Crippen LogP contribution in [0, 0.1) is 0 Å². The molecule has 0 unspecified atom stereocenters. The zero-order valence-electron chi connectivity index (χ0n) is 55.4. The quantitative estimate of drug-likeness (QED) is 0.0286. The van der Waals surface area contributed by atoms with Gasteiger partial charge in [-0.2, -0.15) is 0 Å². The van der Waals surface area contributed by atoms with Crippen LogP contribution in [0.1, 0.15) is 22.8 Å². The normalized spacial score (nSPS) is 17.4. The van der Waals surface area contributed by atoms with E-state index >= 15 is 0 Å². The molecule has 20 nitrogen and oxygen atoms in total. The molecule has 0 atom stereocenters. The Hall–Kier alpha value is -7.80. The van der Waals surface area contributed by atoms with Gasteiger partial charge in [0.2, 0.25) is 0 Å². The number of piperazine rings is 4. The average Bonchev–Trinajstić information content (AvgIpc) is 1.75. The second-order valence-electron chi connectivity index (χ2n) is 25.6. The van der Waals surface area contributed by atoms with Crippen LogP contribution in [0.25, 0.3) is 90.9 Å². The van der Waals surface area contributed by atoms with Crippen molar-refractivity contribution in [1.82, 2.24) is 59.1 Å². The first-order chi connectivity index (χ1) is 47.3. The number of H-pyrrole nitrogens is 2. The summed E-state index contributed by atoms with van der Waals surface area (Å²) in [5.74, 6) is 3.19. The molecule has 506 valence electrons. The monoisotopic (exact) mass is 1300 g/mol. The molecule has 6 aliphatic heterocycles. The van der Waals surface area contributed by atoms with Gasteiger partial charge >= 0.3 is 0 Å². The standard InChI is InChI=1S/C76H94N12O8/c89-49-41-81-25-33-85(34-26-81)45-53-93-61-9-1-57(2-10-61)73-65-17-19-67(77-65)74(58-3-11-62(12-4-58)94-54-46-86-35-27-82(28-36-86)42-50-90)69-21-23-71(79-69)76(60-7-15-64(16-8-60)96-56-48-88-39-31-84(32-40-88)44-52-92)72-24-22-70(80-72)75(68-20-18-66(73)78-68)59-5-13-63(14-6-59)95-55-47-87-37-29-83(30-38-87)43-51-91/h1-24,77,80,89-92H,25-56H2. The predicted molar refractivity (Wildman–Crippen MR) is 382 cm³/mol. The number of hydrogen-bond donors (Lipinski definition) is 6. The van der Waals surface area contributed by atoms with Crippen molar-refractivity contribution >= 4 is 46.4 Å². The number of nitrogens with zero attached hydrogens (tertiary/aromatic N) is 10. The maximum atomic E-state index is 9.46. The molecule has 4 saturated heterocycles. The summed E-state index contributed by atoms with van der Waals surface area (Å²) in [4.78, 5) is 38.0. The first-order valence-electron chi connectivity index (χ1n) is 34.6. The number of ether oxygens (including phenoxy) is 4. The van der Waals surface area contributed by atoms with Gasteiger partial charge in [0.1, 0.15) is 49.4 Å². The lowest BCUT2D eigenvalue weighted by Crippen LogP contribution is -2.48. The third-order valence-corrected chi connectivity index (χ3v) is 19.6. The van der Waals surface area contributed by atoms with Crippen LogP contribution in [-0.4, -0.2) is 289 Å². The smallest absolute Gasteiger partial charge is 0.119 e. The Kier molecular flexibility index (Phi) is 22.9. The minimum atomic E-state index is 0.187. The van der Waals surface area contributed by atoms with Crippen LogP contribution in [0.15, 0.2) is 121 Å². The number of β-amino-alcohol motifs (C(OH)–C–C–N with tert-alkyl or cyclic N) is 4. The van der Waals surface area contributed by atoms with Gasteiger partial charge in [0, 0.05) is 201 Å². The highest BCUT2D eigenvalue weighted by Gasteiger charge is 2.24. The minimum absolute atomic E-state index is 0.187. The Labute approximate surface area is 563 Å². The number of fused-ring (bicyclic) bond motifs is 8. The van der Waals surface area contributed by atoms with E-state index in [-0.39, 0.29) is 26.4 Å². The molecule has 0 aliphatic carbocycles. The van der Waals surface area contributed by atoms with Crippen molar-refractivity contribution in [3.63, 3.8) is 0 Å². The van der Waals surface area contributed by atoms with E-state index < -0.39 is 0 Å². The van der Waals surface area contributed by atoms with E-state index in [0.29, 0.717) is 26.4 Å². The third kappa shape index (κ3) is 16.9. The van der Waals surface area contributed by atoms with Gasteiger partial charge in [0.05, 0.1) is 49.2 Å². The molecule has 8 bridgehead atoms. The van der Waals surface area contributed by atoms with Gasteiger partial charge in [0.25, 0.3) is 0 Å². The Morgan fingerprint density at radius 1 is 0.260 bits per heavy atom. The number of aliphatic hydroxyl groups excluding tert-OH is 4. The molecule has 96 heavy (non-hydrogen) atoms. The van der Waals surface area contributed by atoms with Gasteiger partial charge in [-0.25, -0.2) is 9.97 Å². The SMILES string of the molecule is OCCN1CCN(CCOc2ccc(-c3c4nc(c(-c5ccc(OCCN6CCN(CCO)CC6)cc5)c5ccc([nH]5)c(-c5ccc(OCCN6CCN(CCO)CC6)cc5)c5nc(c(-c6ccc(OCCN7CCN(CCO)CC7)cc6)c6ccc3[nH]6)C=C5)C=C4)cc2)CC1. The lowest BCUT2D eigenvalue weighted by Gasteiger charge is -2.34. The highest BCUT2D eigenvalue weighted by atomic mass is 16.5. The van der Waals surface area contributed by atoms with Crippen molar-refractivity contribution in [2.75, 3.05) is 210 Å². The van der Waals surface area contributed by atoms with E-state index in [1.54, 1.807) is 0 Å². The number of aromatic amines is 2. The molecule has 6 aliphatic rings. The average molecular weight is 1300 g/mol. The van der Waals surface area contributed by atoms with Gasteiger partial charge in [-0.05, 0) is 119 Å². The van der Waals surface area contributed by atoms with E-state index in [1.807, 2.05) is 0 Å². The fourth-order valence-corrected chi connectivity index (χ4v) is 14.0. The Bertz CT molecular complexity index is 3370. The van der Waals surface area contributed by atoms with E-state index in [0.717, 1.165) is 269 Å². The zero-order chi connectivity index (χ0) is 65.4. The Morgan fingerprint density at radius 3 is 0.635 bits per heavy atom. The van der Waals surface area contributed by atoms with Gasteiger partial charge in [-0.3, -0.25) is 39.2 Å². The van der Waals surface area contributed by atoms with E-state index in [4.69, 9.17) is 28.9 Å². The summed E-state index contributed by atoms with van der Waals surface area (Å²) in [5, 5.41) is 37.9. The minimum Gasteiger partial charge on any atom is -0.492 e. The predicted octanol–water partition coefficient (Wildman–Crippen LogP) is 7.28. The first-order valence-corrected chi connectivity index (χ1v) is 34.6. The molecular weight excluding hydrogens is 1210 g/mol. The number of hydrogen-bond acceptors (Lipinski definition) is 18. The molecule has 3 aromatic heterocycles. The number of aliphatic hydroxyl groups is 4. The molecule has 0 amide bonds. The van der Waals surface area contributed by atoms with Gasteiger partial charge in [-0.15, -0.1) is 0 Å². The van der Waals surface area contributed by atoms with Gasteiger partial charge in [0.15, 0.2) is 0 Å². The molecule has 6 N–H and O–H groups in total. The number of aromatic nitrogens is 4. The topological polar surface area (TPSA) is 201 Å². The van der Waals surface area contributed by atoms with Crippen LogP contribution in [0.3, 0.4) is 0 Å². The molecule has 9 heterocycles. The number of nitrogens with one attached hydrogen (secondary N) is 2. The van der Waals surface area contributed by atoms with Crippen LogP contribution in [0.4, 0.5) is 0 Å². The van der Waals surface area contributed by atoms with Crippen molar-refractivity contribution < 1.29 is 39.4 Å². The second-order valence-corrected chi connectivity index (χ2v) is 25.6. The van der Waals surface area contributed by atoms with Crippen LogP contribution in [0.2, 0.25) is 0 Å². The molecule has 4 fully saturated rings. The Morgan fingerprint density at radius 2 is 0.448 bits per heavy atom. The summed E-state index contributed by atoms with van der Waals surface area (Å²) in [6.07, 6.45) is 8.52.